The lowest BCUT2D eigenvalue weighted by Crippen LogP contribution is -2.03. The van der Waals surface area contributed by atoms with Crippen molar-refractivity contribution in [2.75, 3.05) is 0 Å². The van der Waals surface area contributed by atoms with Crippen LogP contribution in [-0.4, -0.2) is 0 Å². The van der Waals surface area contributed by atoms with E-state index in [0.29, 0.717) is 0 Å². The molecule has 0 bridgehead atoms. The molecule has 1 aliphatic carbocycles. The van der Waals surface area contributed by atoms with Gasteiger partial charge in [-0.05, 0) is 30.9 Å². The molecule has 0 fully saturated rings. The van der Waals surface area contributed by atoms with E-state index in [2.05, 4.69) is 36.4 Å². The lowest BCUT2D eigenvalue weighted by atomic mass is 9.97. The number of hydrogen-bond donors (Lipinski definition) is 0. The van der Waals surface area contributed by atoms with Crippen molar-refractivity contribution >= 4 is 11.8 Å². The fourth-order valence-corrected chi connectivity index (χ4v) is 3.21. The first-order valence-corrected chi connectivity index (χ1v) is 5.89. The first-order chi connectivity index (χ1) is 6.93. The molecule has 0 nitrogen and oxygen atoms in total. The molecular formula is C13H12S. The highest BCUT2D eigenvalue weighted by atomic mass is 32.2. The molecule has 3 rings (SSSR count). The SMILES string of the molecule is C1=CC2=C(CC1)Cc1ccccc1S2. The van der Waals surface area contributed by atoms with E-state index in [1.54, 1.807) is 5.57 Å². The maximum Gasteiger partial charge on any atom is 0.0157 e. The van der Waals surface area contributed by atoms with Crippen LogP contribution in [0.1, 0.15) is 18.4 Å². The van der Waals surface area contributed by atoms with E-state index in [1.807, 2.05) is 11.8 Å². The predicted octanol–water partition coefficient (Wildman–Crippen LogP) is 3.94. The third kappa shape index (κ3) is 1.32. The smallest absolute Gasteiger partial charge is 0.0157 e. The average molecular weight is 200 g/mol. The van der Waals surface area contributed by atoms with Gasteiger partial charge in [0, 0.05) is 9.80 Å². The summed E-state index contributed by atoms with van der Waals surface area (Å²) >= 11 is 1.93. The average Bonchev–Trinajstić information content (AvgIpc) is 2.26. The lowest BCUT2D eigenvalue weighted by Gasteiger charge is -2.22. The van der Waals surface area contributed by atoms with Gasteiger partial charge in [-0.2, -0.15) is 0 Å². The van der Waals surface area contributed by atoms with Crippen molar-refractivity contribution in [3.05, 3.63) is 52.5 Å². The maximum atomic E-state index is 2.29. The normalized spacial score (nSPS) is 19.1. The Bertz CT molecular complexity index is 427. The summed E-state index contributed by atoms with van der Waals surface area (Å²) in [4.78, 5) is 2.94. The number of fused-ring (bicyclic) bond motifs is 1. The van der Waals surface area contributed by atoms with Gasteiger partial charge >= 0.3 is 0 Å². The number of thioether (sulfide) groups is 1. The molecule has 0 radical (unpaired) electrons. The summed E-state index contributed by atoms with van der Waals surface area (Å²) in [6.45, 7) is 0. The molecule has 70 valence electrons. The molecule has 0 spiro atoms. The molecule has 0 atom stereocenters. The van der Waals surface area contributed by atoms with Crippen LogP contribution in [0.5, 0.6) is 0 Å². The van der Waals surface area contributed by atoms with E-state index in [1.165, 1.54) is 34.6 Å². The number of rotatable bonds is 0. The minimum absolute atomic E-state index is 1.17. The molecule has 1 aliphatic heterocycles. The second-order valence-corrected chi connectivity index (χ2v) is 4.88. The van der Waals surface area contributed by atoms with Crippen LogP contribution in [0, 0.1) is 0 Å². The molecule has 0 N–H and O–H groups in total. The van der Waals surface area contributed by atoms with E-state index in [9.17, 15) is 0 Å². The van der Waals surface area contributed by atoms with Crippen LogP contribution in [0.15, 0.2) is 51.8 Å². The summed E-state index contributed by atoms with van der Waals surface area (Å²) in [6, 6.07) is 8.75. The first-order valence-electron chi connectivity index (χ1n) is 5.08. The Morgan fingerprint density at radius 3 is 3.07 bits per heavy atom. The Hall–Kier alpha value is -0.950. The lowest BCUT2D eigenvalue weighted by molar-refractivity contribution is 0.891. The standard InChI is InChI=1S/C13H12S/c1-3-7-12-10(5-1)9-11-6-2-4-8-13(11)14-12/h1,3-5,7-8H,2,6,9H2. The predicted molar refractivity (Wildman–Crippen MR) is 61.4 cm³/mol. The summed E-state index contributed by atoms with van der Waals surface area (Å²) < 4.78 is 0. The minimum atomic E-state index is 1.17. The number of allylic oxidation sites excluding steroid dienone is 3. The van der Waals surface area contributed by atoms with Gasteiger partial charge in [0.05, 0.1) is 0 Å². The molecule has 1 heteroatoms. The van der Waals surface area contributed by atoms with Crippen LogP contribution < -0.4 is 0 Å². The molecule has 1 aromatic carbocycles. The van der Waals surface area contributed by atoms with E-state index in [0.717, 1.165) is 0 Å². The second-order valence-electron chi connectivity index (χ2n) is 3.80. The maximum absolute atomic E-state index is 2.29. The number of benzene rings is 1. The van der Waals surface area contributed by atoms with Gasteiger partial charge in [-0.25, -0.2) is 0 Å². The summed E-state index contributed by atoms with van der Waals surface area (Å²) in [5.74, 6) is 0. The molecule has 1 aromatic rings. The van der Waals surface area contributed by atoms with Gasteiger partial charge in [-0.1, -0.05) is 47.7 Å². The Morgan fingerprint density at radius 1 is 1.14 bits per heavy atom. The van der Waals surface area contributed by atoms with Crippen LogP contribution in [0.4, 0.5) is 0 Å². The third-order valence-corrected chi connectivity index (χ3v) is 4.09. The molecule has 14 heavy (non-hydrogen) atoms. The van der Waals surface area contributed by atoms with Crippen molar-refractivity contribution in [1.29, 1.82) is 0 Å². The van der Waals surface area contributed by atoms with E-state index in [-0.39, 0.29) is 0 Å². The van der Waals surface area contributed by atoms with Gasteiger partial charge in [-0.3, -0.25) is 0 Å². The highest BCUT2D eigenvalue weighted by Crippen LogP contribution is 2.41. The Labute approximate surface area is 88.7 Å². The first kappa shape index (κ1) is 8.37. The second kappa shape index (κ2) is 3.32. The number of hydrogen-bond acceptors (Lipinski definition) is 1. The van der Waals surface area contributed by atoms with Crippen molar-refractivity contribution in [2.24, 2.45) is 0 Å². The van der Waals surface area contributed by atoms with E-state index in [4.69, 9.17) is 0 Å². The molecule has 0 amide bonds. The van der Waals surface area contributed by atoms with Gasteiger partial charge in [0.1, 0.15) is 0 Å². The van der Waals surface area contributed by atoms with Gasteiger partial charge in [0.2, 0.25) is 0 Å². The van der Waals surface area contributed by atoms with Crippen LogP contribution in [-0.2, 0) is 6.42 Å². The molecule has 0 aromatic heterocycles. The highest BCUT2D eigenvalue weighted by molar-refractivity contribution is 8.03. The molecule has 2 aliphatic rings. The summed E-state index contributed by atoms with van der Waals surface area (Å²) in [7, 11) is 0. The van der Waals surface area contributed by atoms with Crippen LogP contribution in [0.2, 0.25) is 0 Å². The van der Waals surface area contributed by atoms with Crippen LogP contribution in [0.25, 0.3) is 0 Å². The monoisotopic (exact) mass is 200 g/mol. The van der Waals surface area contributed by atoms with Gasteiger partial charge in [0.25, 0.3) is 0 Å². The van der Waals surface area contributed by atoms with Crippen LogP contribution >= 0.6 is 11.8 Å². The molecule has 1 heterocycles. The summed E-state index contributed by atoms with van der Waals surface area (Å²) in [5, 5.41) is 0. The van der Waals surface area contributed by atoms with Gasteiger partial charge < -0.3 is 0 Å². The summed E-state index contributed by atoms with van der Waals surface area (Å²) in [5.41, 5.74) is 3.14. The summed E-state index contributed by atoms with van der Waals surface area (Å²) in [6.07, 6.45) is 8.23. The Balaban J connectivity index is 2.03. The zero-order valence-electron chi connectivity index (χ0n) is 7.99. The van der Waals surface area contributed by atoms with Gasteiger partial charge in [0.15, 0.2) is 0 Å². The topological polar surface area (TPSA) is 0 Å². The highest BCUT2D eigenvalue weighted by Gasteiger charge is 2.17. The molecule has 0 saturated heterocycles. The van der Waals surface area contributed by atoms with E-state index >= 15 is 0 Å². The van der Waals surface area contributed by atoms with Crippen LogP contribution in [0.3, 0.4) is 0 Å². The Kier molecular flexibility index (Phi) is 1.98. The Morgan fingerprint density at radius 2 is 2.07 bits per heavy atom. The fraction of sp³-hybridized carbons (Fsp3) is 0.231. The van der Waals surface area contributed by atoms with Crippen molar-refractivity contribution < 1.29 is 0 Å². The van der Waals surface area contributed by atoms with Crippen molar-refractivity contribution in [1.82, 2.24) is 0 Å². The molecular weight excluding hydrogens is 188 g/mol. The van der Waals surface area contributed by atoms with E-state index < -0.39 is 0 Å². The fourth-order valence-electron chi connectivity index (χ4n) is 2.07. The zero-order valence-corrected chi connectivity index (χ0v) is 8.81. The quantitative estimate of drug-likeness (QED) is 0.611. The third-order valence-electron chi connectivity index (χ3n) is 2.83. The van der Waals surface area contributed by atoms with Crippen molar-refractivity contribution in [3.63, 3.8) is 0 Å². The van der Waals surface area contributed by atoms with Gasteiger partial charge in [-0.15, -0.1) is 0 Å². The largest absolute Gasteiger partial charge is 0.0898 e. The van der Waals surface area contributed by atoms with Crippen molar-refractivity contribution in [2.45, 2.75) is 24.2 Å². The minimum Gasteiger partial charge on any atom is -0.0898 e. The zero-order chi connectivity index (χ0) is 9.38. The molecule has 0 unspecified atom stereocenters. The molecule has 0 saturated carbocycles. The van der Waals surface area contributed by atoms with Crippen molar-refractivity contribution in [3.8, 4) is 0 Å².